The zero-order chi connectivity index (χ0) is 28.9. The lowest BCUT2D eigenvalue weighted by molar-refractivity contribution is -0.189. The summed E-state index contributed by atoms with van der Waals surface area (Å²) in [4.78, 5) is 36.9. The van der Waals surface area contributed by atoms with E-state index in [-0.39, 0.29) is 35.0 Å². The van der Waals surface area contributed by atoms with Gasteiger partial charge in [0.2, 0.25) is 5.91 Å². The molecular formula is C23H25F3N6O6S. The van der Waals surface area contributed by atoms with Crippen LogP contribution >= 0.6 is 0 Å². The van der Waals surface area contributed by atoms with E-state index in [2.05, 4.69) is 15.2 Å². The van der Waals surface area contributed by atoms with Crippen LogP contribution in [0.15, 0.2) is 27.9 Å². The first kappa shape index (κ1) is 27.9. The topological polar surface area (TPSA) is 181 Å². The Balaban J connectivity index is 1.96. The number of nitrogen functional groups attached to an aromatic ring is 2. The lowest BCUT2D eigenvalue weighted by atomic mass is 9.87. The molecule has 1 amide bonds. The summed E-state index contributed by atoms with van der Waals surface area (Å²) in [5.74, 6) is -4.88. The van der Waals surface area contributed by atoms with Gasteiger partial charge in [-0.15, -0.1) is 5.10 Å². The van der Waals surface area contributed by atoms with E-state index in [1.807, 2.05) is 0 Å². The first-order chi connectivity index (χ1) is 18.2. The van der Waals surface area contributed by atoms with Crippen molar-refractivity contribution in [1.29, 1.82) is 0 Å². The summed E-state index contributed by atoms with van der Waals surface area (Å²) in [5.41, 5.74) is 10.1. The number of amides is 1. The molecule has 0 radical (unpaired) electrons. The number of benzene rings is 1. The van der Waals surface area contributed by atoms with Gasteiger partial charge in [0.05, 0.1) is 23.4 Å². The molecule has 1 fully saturated rings. The quantitative estimate of drug-likeness (QED) is 0.353. The van der Waals surface area contributed by atoms with Gasteiger partial charge in [-0.3, -0.25) is 9.59 Å². The molecule has 0 aliphatic heterocycles. The summed E-state index contributed by atoms with van der Waals surface area (Å²) in [7, 11) is -2.98. The normalized spacial score (nSPS) is 14.3. The van der Waals surface area contributed by atoms with Crippen molar-refractivity contribution in [1.82, 2.24) is 19.9 Å². The number of hydrogen-bond acceptors (Lipinski definition) is 9. The highest BCUT2D eigenvalue weighted by Gasteiger charge is 2.44. The van der Waals surface area contributed by atoms with Crippen LogP contribution in [-0.4, -0.2) is 53.8 Å². The third kappa shape index (κ3) is 5.15. The Hall–Kier alpha value is -4.08. The fourth-order valence-electron chi connectivity index (χ4n) is 4.32. The third-order valence-corrected chi connectivity index (χ3v) is 8.46. The number of nitrogens with zero attached hydrogens (tertiary/aromatic N) is 3. The molecule has 0 atom stereocenters. The maximum absolute atomic E-state index is 13.4. The fraction of sp³-hybridized carbons (Fsp3) is 0.391. The van der Waals surface area contributed by atoms with Crippen LogP contribution < -0.4 is 27.1 Å². The number of ether oxygens (including phenoxy) is 1. The van der Waals surface area contributed by atoms with E-state index in [4.69, 9.17) is 11.5 Å². The number of halogens is 3. The molecule has 1 aromatic carbocycles. The Morgan fingerprint density at radius 2 is 1.90 bits per heavy atom. The number of fused-ring (bicyclic) bond motifs is 1. The average Bonchev–Trinajstić information content (AvgIpc) is 3.14. The predicted octanol–water partition coefficient (Wildman–Crippen LogP) is 1.31. The van der Waals surface area contributed by atoms with E-state index in [1.165, 1.54) is 19.2 Å². The SMILES string of the molecule is CNC(=O)Cc1ccc2c(c1)c(N)nn2-n1c(C)c(OC(=O)C(F)(F)F)c(S(=O)(=O)CC2CCC2)c(N)c1=O. The van der Waals surface area contributed by atoms with Crippen molar-refractivity contribution in [2.75, 3.05) is 24.3 Å². The summed E-state index contributed by atoms with van der Waals surface area (Å²) in [6, 6.07) is 4.54. The molecule has 1 aliphatic rings. The number of carbonyl (C=O) groups is 2. The Morgan fingerprint density at radius 1 is 1.23 bits per heavy atom. The maximum Gasteiger partial charge on any atom is 0.491 e. The van der Waals surface area contributed by atoms with E-state index < -0.39 is 55.3 Å². The molecule has 12 nitrogen and oxygen atoms in total. The van der Waals surface area contributed by atoms with Crippen LogP contribution in [0.25, 0.3) is 10.9 Å². The van der Waals surface area contributed by atoms with Gasteiger partial charge in [-0.25, -0.2) is 13.2 Å². The highest BCUT2D eigenvalue weighted by Crippen LogP contribution is 2.37. The van der Waals surface area contributed by atoms with E-state index in [9.17, 15) is 36.0 Å². The highest BCUT2D eigenvalue weighted by atomic mass is 32.2. The van der Waals surface area contributed by atoms with Crippen LogP contribution in [0.5, 0.6) is 5.75 Å². The smallest absolute Gasteiger partial charge is 0.416 e. The average molecular weight is 571 g/mol. The van der Waals surface area contributed by atoms with E-state index in [0.717, 1.165) is 18.1 Å². The molecule has 2 aromatic heterocycles. The van der Waals surface area contributed by atoms with E-state index in [0.29, 0.717) is 23.1 Å². The number of alkyl halides is 3. The van der Waals surface area contributed by atoms with Crippen molar-refractivity contribution < 1.29 is 35.9 Å². The summed E-state index contributed by atoms with van der Waals surface area (Å²) >= 11 is 0. The number of rotatable bonds is 7. The van der Waals surface area contributed by atoms with Gasteiger partial charge in [0.1, 0.15) is 10.6 Å². The van der Waals surface area contributed by atoms with Crippen molar-refractivity contribution >= 4 is 44.1 Å². The first-order valence-corrected chi connectivity index (χ1v) is 13.4. The molecule has 2 heterocycles. The number of hydrogen-bond donors (Lipinski definition) is 3. The number of sulfone groups is 1. The highest BCUT2D eigenvalue weighted by molar-refractivity contribution is 7.91. The summed E-state index contributed by atoms with van der Waals surface area (Å²) in [6.45, 7) is 1.09. The zero-order valence-electron chi connectivity index (χ0n) is 20.8. The van der Waals surface area contributed by atoms with E-state index in [1.54, 1.807) is 6.07 Å². The second-order valence-corrected chi connectivity index (χ2v) is 11.2. The number of pyridine rings is 1. The van der Waals surface area contributed by atoms with Gasteiger partial charge in [-0.1, -0.05) is 12.5 Å². The van der Waals surface area contributed by atoms with Gasteiger partial charge < -0.3 is 21.5 Å². The van der Waals surface area contributed by atoms with Crippen LogP contribution in [0.3, 0.4) is 0 Å². The van der Waals surface area contributed by atoms with Gasteiger partial charge in [0.25, 0.3) is 5.56 Å². The number of nitrogens with two attached hydrogens (primary N) is 2. The second kappa shape index (κ2) is 9.91. The van der Waals surface area contributed by atoms with Crippen molar-refractivity contribution in [3.8, 4) is 5.75 Å². The Kier molecular flexibility index (Phi) is 7.10. The minimum Gasteiger partial charge on any atom is -0.416 e. The summed E-state index contributed by atoms with van der Waals surface area (Å²) in [6.07, 6.45) is -3.53. The molecule has 3 aromatic rings. The van der Waals surface area contributed by atoms with Crippen LogP contribution in [0.1, 0.15) is 30.5 Å². The lowest BCUT2D eigenvalue weighted by Gasteiger charge is -2.26. The second-order valence-electron chi connectivity index (χ2n) is 9.22. The molecule has 0 unspecified atom stereocenters. The molecule has 0 bridgehead atoms. The molecule has 1 aliphatic carbocycles. The van der Waals surface area contributed by atoms with Crippen molar-refractivity contribution in [3.05, 3.63) is 39.8 Å². The Labute approximate surface area is 219 Å². The largest absolute Gasteiger partial charge is 0.491 e. The predicted molar refractivity (Wildman–Crippen MR) is 134 cm³/mol. The van der Waals surface area contributed by atoms with Gasteiger partial charge >= 0.3 is 12.1 Å². The van der Waals surface area contributed by atoms with E-state index >= 15 is 0 Å². The van der Waals surface area contributed by atoms with Gasteiger partial charge in [0.15, 0.2) is 21.4 Å². The number of anilines is 2. The monoisotopic (exact) mass is 570 g/mol. The van der Waals surface area contributed by atoms with Crippen LogP contribution in [-0.2, 0) is 25.8 Å². The standard InChI is InChI=1S/C23H25F3N6O6S/c1-11-18(38-22(35)23(24,25)26)19(39(36,37)10-12-4-3-5-12)17(27)21(34)31(11)32-15-7-6-13(9-16(33)29-2)8-14(15)20(28)30-32/h6-8,12H,3-5,9-10,27H2,1-2H3,(H2,28,30)(H,29,33). The summed E-state index contributed by atoms with van der Waals surface area (Å²) in [5, 5.41) is 6.85. The number of nitrogens with one attached hydrogen (secondary N) is 1. The number of likely N-dealkylation sites (N-methyl/N-ethyl adjacent to an activating group) is 1. The molecule has 16 heteroatoms. The minimum atomic E-state index is -5.47. The van der Waals surface area contributed by atoms with Gasteiger partial charge in [-0.05, 0) is 43.4 Å². The Bertz CT molecular complexity index is 1660. The number of carbonyl (C=O) groups excluding carboxylic acids is 2. The molecule has 4 rings (SSSR count). The number of aromatic nitrogens is 3. The van der Waals surface area contributed by atoms with Crippen LogP contribution in [0.4, 0.5) is 24.7 Å². The van der Waals surface area contributed by atoms with Crippen molar-refractivity contribution in [2.24, 2.45) is 5.92 Å². The van der Waals surface area contributed by atoms with Gasteiger partial charge in [-0.2, -0.15) is 22.6 Å². The fourth-order valence-corrected chi connectivity index (χ4v) is 6.33. The van der Waals surface area contributed by atoms with Crippen LogP contribution in [0, 0.1) is 12.8 Å². The maximum atomic E-state index is 13.4. The van der Waals surface area contributed by atoms with Gasteiger partial charge in [0, 0.05) is 12.4 Å². The zero-order valence-corrected chi connectivity index (χ0v) is 21.6. The molecular weight excluding hydrogens is 545 g/mol. The van der Waals surface area contributed by atoms with Crippen molar-refractivity contribution in [2.45, 2.75) is 43.7 Å². The van der Waals surface area contributed by atoms with Crippen LogP contribution in [0.2, 0.25) is 0 Å². The molecule has 5 N–H and O–H groups in total. The Morgan fingerprint density at radius 3 is 2.46 bits per heavy atom. The third-order valence-electron chi connectivity index (χ3n) is 6.52. The molecule has 0 spiro atoms. The number of esters is 1. The van der Waals surface area contributed by atoms with Crippen molar-refractivity contribution in [3.63, 3.8) is 0 Å². The molecule has 39 heavy (non-hydrogen) atoms. The lowest BCUT2D eigenvalue weighted by Crippen LogP contribution is -2.36. The first-order valence-electron chi connectivity index (χ1n) is 11.7. The molecule has 0 saturated heterocycles. The molecule has 1 saturated carbocycles. The minimum absolute atomic E-state index is 0.00801. The molecule has 210 valence electrons. The summed E-state index contributed by atoms with van der Waals surface area (Å²) < 4.78 is 71.2.